The SMILES string of the molecule is [Li][CH2]CCSC1CCCC1. The van der Waals surface area contributed by atoms with Crippen LogP contribution < -0.4 is 0 Å². The molecule has 1 saturated carbocycles. The van der Waals surface area contributed by atoms with Crippen LogP contribution in [0.15, 0.2) is 0 Å². The third kappa shape index (κ3) is 3.37. The van der Waals surface area contributed by atoms with Crippen molar-refractivity contribution in [2.45, 2.75) is 42.4 Å². The first-order valence-corrected chi connectivity index (χ1v) is 5.60. The molecule has 0 atom stereocenters. The summed E-state index contributed by atoms with van der Waals surface area (Å²) in [7, 11) is 0. The van der Waals surface area contributed by atoms with Crippen LogP contribution in [0, 0.1) is 0 Å². The van der Waals surface area contributed by atoms with Crippen LogP contribution in [0.3, 0.4) is 0 Å². The third-order valence-electron chi connectivity index (χ3n) is 2.15. The molecule has 0 spiro atoms. The second kappa shape index (κ2) is 5.58. The van der Waals surface area contributed by atoms with Crippen LogP contribution in [-0.2, 0) is 0 Å². The second-order valence-electron chi connectivity index (χ2n) is 3.13. The quantitative estimate of drug-likeness (QED) is 0.438. The van der Waals surface area contributed by atoms with E-state index in [-0.39, 0.29) is 0 Å². The second-order valence-corrected chi connectivity index (χ2v) is 4.54. The number of rotatable bonds is 4. The van der Waals surface area contributed by atoms with Gasteiger partial charge in [-0.3, -0.25) is 0 Å². The first-order chi connectivity index (χ1) is 4.93. The molecular weight excluding hydrogens is 135 g/mol. The summed E-state index contributed by atoms with van der Waals surface area (Å²) in [6.45, 7) is 0. The molecule has 54 valence electrons. The number of hydrogen-bond acceptors (Lipinski definition) is 1. The van der Waals surface area contributed by atoms with Gasteiger partial charge in [0.1, 0.15) is 0 Å². The molecule has 1 aliphatic carbocycles. The van der Waals surface area contributed by atoms with Gasteiger partial charge in [0, 0.05) is 0 Å². The predicted molar refractivity (Wildman–Crippen MR) is 49.9 cm³/mol. The summed E-state index contributed by atoms with van der Waals surface area (Å²) in [5.74, 6) is 1.40. The van der Waals surface area contributed by atoms with Crippen molar-refractivity contribution < 1.29 is 0 Å². The van der Waals surface area contributed by atoms with E-state index < -0.39 is 0 Å². The molecule has 0 heterocycles. The number of thioether (sulfide) groups is 1. The normalized spacial score (nSPS) is 20.2. The van der Waals surface area contributed by atoms with Gasteiger partial charge in [0.2, 0.25) is 0 Å². The Kier molecular flexibility index (Phi) is 5.04. The Morgan fingerprint density at radius 1 is 1.30 bits per heavy atom. The van der Waals surface area contributed by atoms with E-state index in [9.17, 15) is 0 Å². The molecule has 0 aliphatic heterocycles. The van der Waals surface area contributed by atoms with Crippen molar-refractivity contribution in [1.29, 1.82) is 0 Å². The first kappa shape index (κ1) is 9.04. The van der Waals surface area contributed by atoms with Crippen molar-refractivity contribution in [3.63, 3.8) is 0 Å². The minimum absolute atomic E-state index is 1.03. The van der Waals surface area contributed by atoms with E-state index in [1.54, 1.807) is 0 Å². The monoisotopic (exact) mass is 150 g/mol. The van der Waals surface area contributed by atoms with Gasteiger partial charge >= 0.3 is 77.7 Å². The molecule has 0 unspecified atom stereocenters. The molecule has 2 heteroatoms. The summed E-state index contributed by atoms with van der Waals surface area (Å²) in [5.41, 5.74) is 0. The summed E-state index contributed by atoms with van der Waals surface area (Å²) >= 11 is 4.48. The molecule has 0 aromatic carbocycles. The standard InChI is InChI=1S/C8H15S.Li/c1-2-7-9-8-5-3-4-6-8;/h8H,1-7H2;. The average molecular weight is 150 g/mol. The Hall–Kier alpha value is 0.947. The molecule has 1 aliphatic rings. The Bertz CT molecular complexity index is 79.3. The van der Waals surface area contributed by atoms with Gasteiger partial charge in [-0.2, -0.15) is 0 Å². The van der Waals surface area contributed by atoms with Crippen molar-refractivity contribution in [2.24, 2.45) is 0 Å². The molecule has 0 aromatic rings. The molecule has 10 heavy (non-hydrogen) atoms. The van der Waals surface area contributed by atoms with Gasteiger partial charge in [0.25, 0.3) is 0 Å². The van der Waals surface area contributed by atoms with Gasteiger partial charge in [-0.1, -0.05) is 0 Å². The number of hydrogen-bond donors (Lipinski definition) is 0. The Labute approximate surface area is 77.7 Å². The zero-order valence-electron chi connectivity index (χ0n) is 6.94. The Morgan fingerprint density at radius 2 is 2.00 bits per heavy atom. The van der Waals surface area contributed by atoms with Gasteiger partial charge in [-0.25, -0.2) is 0 Å². The van der Waals surface area contributed by atoms with Gasteiger partial charge in [0.05, 0.1) is 0 Å². The topological polar surface area (TPSA) is 0 Å². The molecule has 0 saturated heterocycles. The van der Waals surface area contributed by atoms with Crippen LogP contribution >= 0.6 is 11.8 Å². The maximum atomic E-state index is 2.27. The summed E-state index contributed by atoms with van der Waals surface area (Å²) in [5, 5.41) is 2.39. The third-order valence-corrected chi connectivity index (χ3v) is 3.62. The van der Waals surface area contributed by atoms with Crippen molar-refractivity contribution in [3.8, 4) is 0 Å². The summed E-state index contributed by atoms with van der Waals surface area (Å²) < 4.78 is 0. The van der Waals surface area contributed by atoms with Gasteiger partial charge in [-0.05, 0) is 0 Å². The first-order valence-electron chi connectivity index (χ1n) is 4.55. The van der Waals surface area contributed by atoms with Gasteiger partial charge in [0.15, 0.2) is 0 Å². The summed E-state index contributed by atoms with van der Waals surface area (Å²) in [6.07, 6.45) is 7.39. The van der Waals surface area contributed by atoms with Crippen molar-refractivity contribution in [1.82, 2.24) is 0 Å². The van der Waals surface area contributed by atoms with E-state index in [0.717, 1.165) is 5.25 Å². The van der Waals surface area contributed by atoms with E-state index in [0.29, 0.717) is 0 Å². The zero-order valence-corrected chi connectivity index (χ0v) is 7.75. The Morgan fingerprint density at radius 3 is 2.60 bits per heavy atom. The fourth-order valence-electron chi connectivity index (χ4n) is 1.45. The van der Waals surface area contributed by atoms with E-state index in [1.807, 2.05) is 0 Å². The van der Waals surface area contributed by atoms with Gasteiger partial charge in [-0.15, -0.1) is 0 Å². The molecule has 0 N–H and O–H groups in total. The summed E-state index contributed by atoms with van der Waals surface area (Å²) in [6, 6.07) is 0. The van der Waals surface area contributed by atoms with Crippen molar-refractivity contribution >= 4 is 29.5 Å². The fourth-order valence-corrected chi connectivity index (χ4v) is 2.90. The van der Waals surface area contributed by atoms with Crippen LogP contribution in [0.25, 0.3) is 0 Å². The minimum atomic E-state index is 1.03. The van der Waals surface area contributed by atoms with Crippen molar-refractivity contribution in [2.75, 3.05) is 5.75 Å². The molecular formula is C8H15LiS. The molecule has 1 fully saturated rings. The van der Waals surface area contributed by atoms with E-state index in [2.05, 4.69) is 29.5 Å². The van der Waals surface area contributed by atoms with Crippen LogP contribution in [0.4, 0.5) is 0 Å². The Balaban J connectivity index is 1.91. The predicted octanol–water partition coefficient (Wildman–Crippen LogP) is 2.64. The molecule has 0 aromatic heterocycles. The maximum absolute atomic E-state index is 2.27. The van der Waals surface area contributed by atoms with Crippen molar-refractivity contribution in [3.05, 3.63) is 0 Å². The summed E-state index contributed by atoms with van der Waals surface area (Å²) in [4.78, 5) is 0. The molecule has 0 radical (unpaired) electrons. The molecule has 0 bridgehead atoms. The van der Waals surface area contributed by atoms with Crippen LogP contribution in [0.2, 0.25) is 5.09 Å². The van der Waals surface area contributed by atoms with E-state index in [4.69, 9.17) is 0 Å². The van der Waals surface area contributed by atoms with Gasteiger partial charge < -0.3 is 0 Å². The van der Waals surface area contributed by atoms with E-state index in [1.165, 1.54) is 43.0 Å². The average Bonchev–Trinajstić information content (AvgIpc) is 2.41. The molecule has 0 amide bonds. The van der Waals surface area contributed by atoms with Crippen LogP contribution in [0.5, 0.6) is 0 Å². The van der Waals surface area contributed by atoms with Crippen LogP contribution in [0.1, 0.15) is 32.1 Å². The van der Waals surface area contributed by atoms with Crippen LogP contribution in [-0.4, -0.2) is 28.7 Å². The molecule has 1 rings (SSSR count). The fraction of sp³-hybridized carbons (Fsp3) is 1.00. The van der Waals surface area contributed by atoms with E-state index >= 15 is 0 Å². The zero-order chi connectivity index (χ0) is 7.23. The molecule has 0 nitrogen and oxygen atoms in total.